The summed E-state index contributed by atoms with van der Waals surface area (Å²) in [5, 5.41) is 0. The van der Waals surface area contributed by atoms with Crippen molar-refractivity contribution in [2.45, 2.75) is 45.1 Å². The van der Waals surface area contributed by atoms with Crippen molar-refractivity contribution in [3.05, 3.63) is 100 Å². The summed E-state index contributed by atoms with van der Waals surface area (Å²) < 4.78 is 32.4. The molecule has 0 amide bonds. The topological polar surface area (TPSA) is 57.7 Å². The molecular weight excluding hydrogens is 493 g/mol. The zero-order chi connectivity index (χ0) is 27.1. The van der Waals surface area contributed by atoms with E-state index in [-0.39, 0.29) is 24.1 Å². The van der Waals surface area contributed by atoms with Gasteiger partial charge in [-0.3, -0.25) is 9.78 Å². The van der Waals surface area contributed by atoms with Gasteiger partial charge in [0.05, 0.1) is 25.8 Å². The summed E-state index contributed by atoms with van der Waals surface area (Å²) >= 11 is 0. The number of nitrogens with zero attached hydrogens (tertiary/aromatic N) is 1. The monoisotopic (exact) mass is 523 g/mol. The van der Waals surface area contributed by atoms with Gasteiger partial charge < -0.3 is 14.2 Å². The third-order valence-electron chi connectivity index (χ3n) is 7.88. The second-order valence-electron chi connectivity index (χ2n) is 10.3. The van der Waals surface area contributed by atoms with Gasteiger partial charge in [0.2, 0.25) is 0 Å². The van der Waals surface area contributed by atoms with Crippen molar-refractivity contribution in [3.8, 4) is 33.9 Å². The van der Waals surface area contributed by atoms with Gasteiger partial charge >= 0.3 is 5.97 Å². The molecule has 0 N–H and O–H groups in total. The van der Waals surface area contributed by atoms with Crippen LogP contribution in [0.25, 0.3) is 22.4 Å². The molecule has 0 radical (unpaired) electrons. The Bertz CT molecular complexity index is 1560. The van der Waals surface area contributed by atoms with Crippen molar-refractivity contribution in [1.29, 1.82) is 0 Å². The third kappa shape index (κ3) is 4.54. The van der Waals surface area contributed by atoms with Crippen LogP contribution < -0.4 is 9.47 Å². The maximum absolute atomic E-state index is 15.4. The number of methoxy groups -OCH3 is 1. The predicted octanol–water partition coefficient (Wildman–Crippen LogP) is 7.28. The number of aryl methyl sites for hydroxylation is 2. The van der Waals surface area contributed by atoms with Gasteiger partial charge in [-0.2, -0.15) is 0 Å². The van der Waals surface area contributed by atoms with Gasteiger partial charge in [-0.1, -0.05) is 36.4 Å². The Hall–Kier alpha value is -4.19. The minimum Gasteiger partial charge on any atom is -0.492 e. The van der Waals surface area contributed by atoms with Gasteiger partial charge in [-0.15, -0.1) is 0 Å². The maximum Gasteiger partial charge on any atom is 0.306 e. The van der Waals surface area contributed by atoms with E-state index in [1.54, 1.807) is 6.07 Å². The van der Waals surface area contributed by atoms with Gasteiger partial charge in [0.25, 0.3) is 0 Å². The van der Waals surface area contributed by atoms with Gasteiger partial charge in [0.15, 0.2) is 0 Å². The molecule has 2 unspecified atom stereocenters. The molecule has 6 rings (SSSR count). The van der Waals surface area contributed by atoms with Crippen LogP contribution in [0.5, 0.6) is 11.5 Å². The molecule has 6 heteroatoms. The highest BCUT2D eigenvalue weighted by Crippen LogP contribution is 2.45. The fourth-order valence-corrected chi connectivity index (χ4v) is 6.00. The number of ether oxygens (including phenoxy) is 3. The van der Waals surface area contributed by atoms with E-state index < -0.39 is 6.10 Å². The second kappa shape index (κ2) is 10.2. The average molecular weight is 524 g/mol. The molecule has 5 nitrogen and oxygen atoms in total. The van der Waals surface area contributed by atoms with Crippen molar-refractivity contribution in [3.63, 3.8) is 0 Å². The molecule has 0 fully saturated rings. The number of halogens is 1. The number of benzene rings is 3. The van der Waals surface area contributed by atoms with Crippen LogP contribution in [0, 0.1) is 19.7 Å². The van der Waals surface area contributed by atoms with E-state index in [9.17, 15) is 4.79 Å². The number of aromatic nitrogens is 1. The van der Waals surface area contributed by atoms with Crippen LogP contribution >= 0.6 is 0 Å². The number of rotatable bonds is 6. The highest BCUT2D eigenvalue weighted by Gasteiger charge is 2.32. The van der Waals surface area contributed by atoms with Crippen molar-refractivity contribution in [2.24, 2.45) is 0 Å². The van der Waals surface area contributed by atoms with E-state index >= 15 is 4.39 Å². The van der Waals surface area contributed by atoms with Gasteiger partial charge in [-0.05, 0) is 67.1 Å². The average Bonchev–Trinajstić information content (AvgIpc) is 3.54. The molecule has 1 aliphatic carbocycles. The molecule has 0 saturated carbocycles. The van der Waals surface area contributed by atoms with E-state index in [2.05, 4.69) is 38.1 Å². The molecule has 2 heterocycles. The first-order chi connectivity index (χ1) is 18.9. The molecular formula is C33H30FNO4. The summed E-state index contributed by atoms with van der Waals surface area (Å²) in [6, 6.07) is 19.3. The van der Waals surface area contributed by atoms with Crippen molar-refractivity contribution in [1.82, 2.24) is 4.98 Å². The molecule has 1 aromatic heterocycles. The van der Waals surface area contributed by atoms with Crippen LogP contribution in [0.3, 0.4) is 0 Å². The molecule has 2 atom stereocenters. The Morgan fingerprint density at radius 1 is 1.05 bits per heavy atom. The summed E-state index contributed by atoms with van der Waals surface area (Å²) in [6.45, 7) is 4.61. The largest absolute Gasteiger partial charge is 0.492 e. The molecule has 198 valence electrons. The van der Waals surface area contributed by atoms with E-state index in [1.165, 1.54) is 7.11 Å². The zero-order valence-electron chi connectivity index (χ0n) is 22.3. The number of pyridine rings is 1. The van der Waals surface area contributed by atoms with Crippen LogP contribution in [-0.2, 0) is 16.0 Å². The molecule has 4 aromatic rings. The highest BCUT2D eigenvalue weighted by atomic mass is 19.1. The first-order valence-electron chi connectivity index (χ1n) is 13.3. The Labute approximate surface area is 227 Å². The van der Waals surface area contributed by atoms with E-state index in [0.717, 1.165) is 44.6 Å². The lowest BCUT2D eigenvalue weighted by molar-refractivity contribution is -0.141. The Balaban J connectivity index is 1.33. The van der Waals surface area contributed by atoms with Crippen molar-refractivity contribution >= 4 is 5.97 Å². The lowest BCUT2D eigenvalue weighted by Crippen LogP contribution is -2.09. The van der Waals surface area contributed by atoms with Gasteiger partial charge in [-0.25, -0.2) is 4.39 Å². The van der Waals surface area contributed by atoms with Crippen LogP contribution in [0.4, 0.5) is 4.39 Å². The van der Waals surface area contributed by atoms with Gasteiger partial charge in [0.1, 0.15) is 23.4 Å². The quantitative estimate of drug-likeness (QED) is 0.249. The van der Waals surface area contributed by atoms with E-state index in [0.29, 0.717) is 36.5 Å². The number of carbonyl (C=O) groups excluding carboxylic acids is 1. The summed E-state index contributed by atoms with van der Waals surface area (Å²) in [6.07, 6.45) is 3.05. The lowest BCUT2D eigenvalue weighted by atomic mass is 9.90. The number of hydrogen-bond acceptors (Lipinski definition) is 5. The Kier molecular flexibility index (Phi) is 6.55. The fourth-order valence-electron chi connectivity index (χ4n) is 6.00. The Morgan fingerprint density at radius 3 is 2.67 bits per heavy atom. The van der Waals surface area contributed by atoms with Gasteiger partial charge in [0, 0.05) is 40.4 Å². The molecule has 0 saturated heterocycles. The standard InChI is InChI=1S/C33H30FNO4/c1-19-6-4-7-20(2)31(19)33-26(8-5-15-35-33)24-11-13-27(34)32-25(24)12-14-28(32)39-22-9-10-23-21(16-30(36)37-3)18-38-29(23)17-22/h4-11,13,15,17,21,28H,12,14,16,18H2,1-3H3. The molecule has 2 aliphatic rings. The minimum atomic E-state index is -0.411. The van der Waals surface area contributed by atoms with Crippen LogP contribution in [0.2, 0.25) is 0 Å². The summed E-state index contributed by atoms with van der Waals surface area (Å²) in [4.78, 5) is 16.5. The summed E-state index contributed by atoms with van der Waals surface area (Å²) in [7, 11) is 1.39. The molecule has 39 heavy (non-hydrogen) atoms. The third-order valence-corrected chi connectivity index (χ3v) is 7.88. The van der Waals surface area contributed by atoms with E-state index in [1.807, 2.05) is 36.5 Å². The Morgan fingerprint density at radius 2 is 1.87 bits per heavy atom. The van der Waals surface area contributed by atoms with Crippen LogP contribution in [0.15, 0.2) is 66.9 Å². The van der Waals surface area contributed by atoms with Crippen LogP contribution in [0.1, 0.15) is 52.7 Å². The normalized spacial score (nSPS) is 17.3. The maximum atomic E-state index is 15.4. The number of carbonyl (C=O) groups is 1. The fraction of sp³-hybridized carbons (Fsp3) is 0.273. The molecule has 1 aliphatic heterocycles. The SMILES string of the molecule is COC(=O)CC1COc2cc(OC3CCc4c(-c5cccnc5-c5c(C)cccc5C)ccc(F)c43)ccc21. The lowest BCUT2D eigenvalue weighted by Gasteiger charge is -2.19. The molecule has 0 bridgehead atoms. The molecule has 3 aromatic carbocycles. The first-order valence-corrected chi connectivity index (χ1v) is 13.3. The zero-order valence-corrected chi connectivity index (χ0v) is 22.3. The van der Waals surface area contributed by atoms with Crippen molar-refractivity contribution in [2.75, 3.05) is 13.7 Å². The summed E-state index contributed by atoms with van der Waals surface area (Å²) in [5.41, 5.74) is 8.85. The minimum absolute atomic E-state index is 0.0423. The second-order valence-corrected chi connectivity index (χ2v) is 10.3. The van der Waals surface area contributed by atoms with Crippen LogP contribution in [-0.4, -0.2) is 24.7 Å². The number of fused-ring (bicyclic) bond motifs is 2. The highest BCUT2D eigenvalue weighted by molar-refractivity contribution is 5.85. The first kappa shape index (κ1) is 25.1. The molecule has 0 spiro atoms. The van der Waals surface area contributed by atoms with Crippen molar-refractivity contribution < 1.29 is 23.4 Å². The predicted molar refractivity (Wildman–Crippen MR) is 148 cm³/mol. The van der Waals surface area contributed by atoms with E-state index in [4.69, 9.17) is 19.2 Å². The smallest absolute Gasteiger partial charge is 0.306 e. The number of esters is 1. The number of hydrogen-bond donors (Lipinski definition) is 0. The summed E-state index contributed by atoms with van der Waals surface area (Å²) in [5.74, 6) is 0.749.